The van der Waals surface area contributed by atoms with Gasteiger partial charge < -0.3 is 4.90 Å². The van der Waals surface area contributed by atoms with Gasteiger partial charge in [0.1, 0.15) is 0 Å². The fourth-order valence-electron chi connectivity index (χ4n) is 4.25. The minimum atomic E-state index is -3.12. The van der Waals surface area contributed by atoms with Crippen LogP contribution in [-0.2, 0) is 21.1 Å². The highest BCUT2D eigenvalue weighted by molar-refractivity contribution is 7.91. The van der Waals surface area contributed by atoms with Crippen molar-refractivity contribution in [1.82, 2.24) is 29.4 Å². The van der Waals surface area contributed by atoms with Crippen LogP contribution in [0, 0.1) is 13.8 Å². The van der Waals surface area contributed by atoms with Gasteiger partial charge in [0.2, 0.25) is 5.91 Å². The standard InChI is InChI=1S/C17H24N6O3S/c1-4-21-5-6-22(14-10-27(25,26)9-13(14)21)16(24)8-15-19-17-18-11(2)7-12(3)23(17)20-15/h7,13-14H,4-6,8-10H2,1-3H3/t13-,14+/m0/s1. The highest BCUT2D eigenvalue weighted by Gasteiger charge is 2.47. The number of rotatable bonds is 3. The Balaban J connectivity index is 1.57. The van der Waals surface area contributed by atoms with Gasteiger partial charge in [-0.1, -0.05) is 6.92 Å². The lowest BCUT2D eigenvalue weighted by atomic mass is 10.0. The van der Waals surface area contributed by atoms with Crippen molar-refractivity contribution in [2.75, 3.05) is 31.1 Å². The van der Waals surface area contributed by atoms with Gasteiger partial charge in [0.05, 0.1) is 24.0 Å². The van der Waals surface area contributed by atoms with Gasteiger partial charge in [-0.25, -0.2) is 17.9 Å². The lowest BCUT2D eigenvalue weighted by molar-refractivity contribution is -0.136. The average Bonchev–Trinajstić information content (AvgIpc) is 3.12. The third-order valence-electron chi connectivity index (χ3n) is 5.49. The van der Waals surface area contributed by atoms with Gasteiger partial charge >= 0.3 is 0 Å². The van der Waals surface area contributed by atoms with E-state index < -0.39 is 9.84 Å². The molecular weight excluding hydrogens is 368 g/mol. The average molecular weight is 392 g/mol. The summed E-state index contributed by atoms with van der Waals surface area (Å²) in [5.74, 6) is 0.940. The first kappa shape index (κ1) is 18.3. The predicted molar refractivity (Wildman–Crippen MR) is 99.1 cm³/mol. The molecule has 2 saturated heterocycles. The van der Waals surface area contributed by atoms with Crippen LogP contribution >= 0.6 is 0 Å². The minimum absolute atomic E-state index is 0.0400. The van der Waals surface area contributed by atoms with E-state index in [2.05, 4.69) is 20.0 Å². The summed E-state index contributed by atoms with van der Waals surface area (Å²) in [5, 5.41) is 4.40. The van der Waals surface area contributed by atoms with Crippen LogP contribution in [0.5, 0.6) is 0 Å². The highest BCUT2D eigenvalue weighted by Crippen LogP contribution is 2.27. The Morgan fingerprint density at radius 1 is 1.19 bits per heavy atom. The van der Waals surface area contributed by atoms with E-state index in [4.69, 9.17) is 0 Å². The quantitative estimate of drug-likeness (QED) is 0.701. The molecule has 2 aromatic heterocycles. The Kier molecular flexibility index (Phi) is 4.42. The normalized spacial score (nSPS) is 25.1. The number of piperazine rings is 1. The summed E-state index contributed by atoms with van der Waals surface area (Å²) in [7, 11) is -3.12. The number of nitrogens with zero attached hydrogens (tertiary/aromatic N) is 6. The second-order valence-electron chi connectivity index (χ2n) is 7.38. The van der Waals surface area contributed by atoms with E-state index in [1.807, 2.05) is 26.8 Å². The van der Waals surface area contributed by atoms with Gasteiger partial charge in [0, 0.05) is 30.5 Å². The second-order valence-corrected chi connectivity index (χ2v) is 9.54. The number of hydrogen-bond acceptors (Lipinski definition) is 7. The molecule has 27 heavy (non-hydrogen) atoms. The van der Waals surface area contributed by atoms with E-state index in [9.17, 15) is 13.2 Å². The van der Waals surface area contributed by atoms with Gasteiger partial charge in [0.25, 0.3) is 5.78 Å². The smallest absolute Gasteiger partial charge is 0.252 e. The molecule has 9 nitrogen and oxygen atoms in total. The number of aryl methyl sites for hydroxylation is 2. The first-order valence-corrected chi connectivity index (χ1v) is 11.0. The van der Waals surface area contributed by atoms with Crippen LogP contribution in [-0.4, -0.2) is 86.9 Å². The van der Waals surface area contributed by atoms with Crippen molar-refractivity contribution in [2.45, 2.75) is 39.3 Å². The molecule has 0 aromatic carbocycles. The largest absolute Gasteiger partial charge is 0.335 e. The van der Waals surface area contributed by atoms with Crippen molar-refractivity contribution in [3.8, 4) is 0 Å². The number of carbonyl (C=O) groups excluding carboxylic acids is 1. The molecule has 0 bridgehead atoms. The zero-order chi connectivity index (χ0) is 19.3. The van der Waals surface area contributed by atoms with Gasteiger partial charge in [-0.2, -0.15) is 4.98 Å². The van der Waals surface area contributed by atoms with Gasteiger partial charge in [0.15, 0.2) is 15.7 Å². The third-order valence-corrected chi connectivity index (χ3v) is 7.19. The summed E-state index contributed by atoms with van der Waals surface area (Å²) in [4.78, 5) is 25.6. The van der Waals surface area contributed by atoms with E-state index in [0.717, 1.165) is 17.9 Å². The maximum Gasteiger partial charge on any atom is 0.252 e. The molecule has 2 atom stereocenters. The van der Waals surface area contributed by atoms with Crippen molar-refractivity contribution in [2.24, 2.45) is 0 Å². The summed E-state index contributed by atoms with van der Waals surface area (Å²) in [6.45, 7) is 7.85. The van der Waals surface area contributed by atoms with Gasteiger partial charge in [-0.05, 0) is 26.5 Å². The second kappa shape index (κ2) is 6.52. The Labute approximate surface area is 158 Å². The Morgan fingerprint density at radius 3 is 2.67 bits per heavy atom. The van der Waals surface area contributed by atoms with Crippen LogP contribution in [0.3, 0.4) is 0 Å². The molecule has 4 heterocycles. The number of amides is 1. The summed E-state index contributed by atoms with van der Waals surface area (Å²) in [5.41, 5.74) is 1.75. The zero-order valence-electron chi connectivity index (χ0n) is 15.8. The summed E-state index contributed by atoms with van der Waals surface area (Å²) < 4.78 is 26.0. The van der Waals surface area contributed by atoms with Gasteiger partial charge in [-0.15, -0.1) is 5.10 Å². The van der Waals surface area contributed by atoms with Crippen LogP contribution in [0.2, 0.25) is 0 Å². The molecule has 2 aliphatic rings. The van der Waals surface area contributed by atoms with Crippen molar-refractivity contribution in [1.29, 1.82) is 0 Å². The monoisotopic (exact) mass is 392 g/mol. The Morgan fingerprint density at radius 2 is 1.93 bits per heavy atom. The summed E-state index contributed by atoms with van der Waals surface area (Å²) in [6.07, 6.45) is 0.0528. The zero-order valence-corrected chi connectivity index (χ0v) is 16.6. The predicted octanol–water partition coefficient (Wildman–Crippen LogP) is -0.387. The highest BCUT2D eigenvalue weighted by atomic mass is 32.2. The molecule has 0 spiro atoms. The van der Waals surface area contributed by atoms with E-state index >= 15 is 0 Å². The minimum Gasteiger partial charge on any atom is -0.335 e. The van der Waals surface area contributed by atoms with Crippen molar-refractivity contribution in [3.05, 3.63) is 23.3 Å². The Bertz CT molecular complexity index is 1000. The molecule has 0 N–H and O–H groups in total. The van der Waals surface area contributed by atoms with E-state index in [0.29, 0.717) is 24.7 Å². The number of likely N-dealkylation sites (N-methyl/N-ethyl adjacent to an activating group) is 1. The maximum atomic E-state index is 12.9. The maximum absolute atomic E-state index is 12.9. The van der Waals surface area contributed by atoms with Crippen LogP contribution in [0.15, 0.2) is 6.07 Å². The fourth-order valence-corrected chi connectivity index (χ4v) is 6.26. The van der Waals surface area contributed by atoms with Crippen molar-refractivity contribution in [3.63, 3.8) is 0 Å². The molecule has 0 unspecified atom stereocenters. The molecule has 10 heteroatoms. The van der Waals surface area contributed by atoms with Crippen LogP contribution in [0.1, 0.15) is 24.1 Å². The molecular formula is C17H24N6O3S. The first-order chi connectivity index (χ1) is 12.8. The number of carbonyl (C=O) groups is 1. The number of aromatic nitrogens is 4. The molecule has 0 aliphatic carbocycles. The lowest BCUT2D eigenvalue weighted by Crippen LogP contribution is -2.60. The van der Waals surface area contributed by atoms with Crippen molar-refractivity contribution >= 4 is 21.5 Å². The molecule has 4 rings (SSSR count). The fraction of sp³-hybridized carbons (Fsp3) is 0.647. The van der Waals surface area contributed by atoms with Gasteiger partial charge in [-0.3, -0.25) is 9.69 Å². The summed E-state index contributed by atoms with van der Waals surface area (Å²) in [6, 6.07) is 1.51. The number of sulfone groups is 1. The number of fused-ring (bicyclic) bond motifs is 2. The van der Waals surface area contributed by atoms with Crippen LogP contribution in [0.25, 0.3) is 5.78 Å². The van der Waals surface area contributed by atoms with Crippen LogP contribution in [0.4, 0.5) is 0 Å². The van der Waals surface area contributed by atoms with Crippen molar-refractivity contribution < 1.29 is 13.2 Å². The first-order valence-electron chi connectivity index (χ1n) is 9.21. The molecule has 146 valence electrons. The molecule has 0 saturated carbocycles. The SMILES string of the molecule is CCN1CCN(C(=O)Cc2nc3nc(C)cc(C)n3n2)[C@@H]2CS(=O)(=O)C[C@@H]21. The number of hydrogen-bond donors (Lipinski definition) is 0. The topological polar surface area (TPSA) is 101 Å². The lowest BCUT2D eigenvalue weighted by Gasteiger charge is -2.43. The Hall–Kier alpha value is -2.07. The third kappa shape index (κ3) is 3.31. The molecule has 2 aromatic rings. The van der Waals surface area contributed by atoms with Crippen LogP contribution < -0.4 is 0 Å². The van der Waals surface area contributed by atoms with E-state index in [-0.39, 0.29) is 35.9 Å². The molecule has 1 amide bonds. The summed E-state index contributed by atoms with van der Waals surface area (Å²) >= 11 is 0. The van der Waals surface area contributed by atoms with E-state index in [1.54, 1.807) is 9.42 Å². The van der Waals surface area contributed by atoms with E-state index in [1.165, 1.54) is 0 Å². The molecule has 2 fully saturated rings. The molecule has 2 aliphatic heterocycles. The molecule has 0 radical (unpaired) electrons.